The molecule has 0 radical (unpaired) electrons. The van der Waals surface area contributed by atoms with Crippen LogP contribution in [0.5, 0.6) is 5.75 Å². The van der Waals surface area contributed by atoms with E-state index in [4.69, 9.17) is 27.7 Å². The molecule has 0 saturated heterocycles. The Bertz CT molecular complexity index is 2760. The van der Waals surface area contributed by atoms with Crippen LogP contribution in [-0.4, -0.2) is 93.8 Å². The molecular weight excluding hydrogens is 1110 g/mol. The van der Waals surface area contributed by atoms with Crippen LogP contribution in [0.4, 0.5) is 0 Å². The van der Waals surface area contributed by atoms with Gasteiger partial charge >= 0.3 is 31.4 Å². The number of fused-ring (bicyclic) bond motifs is 1. The lowest BCUT2D eigenvalue weighted by molar-refractivity contribution is -0.904. The Morgan fingerprint density at radius 3 is 1.87 bits per heavy atom. The molecule has 0 fully saturated rings. The zero-order chi connectivity index (χ0) is 59.4. The van der Waals surface area contributed by atoms with Gasteiger partial charge in [0, 0.05) is 35.4 Å². The zero-order valence-electron chi connectivity index (χ0n) is 49.9. The number of unbranched alkanes of at least 4 members (excludes halogenated alkanes) is 24. The van der Waals surface area contributed by atoms with Crippen LogP contribution in [0, 0.1) is 0 Å². The van der Waals surface area contributed by atoms with Gasteiger partial charge in [-0.25, -0.2) is 23.8 Å². The molecule has 3 heterocycles. The predicted molar refractivity (Wildman–Crippen MR) is 329 cm³/mol. The largest absolute Gasteiger partial charge is 0.472 e. The number of ether oxygens (including phenoxy) is 3. The first-order chi connectivity index (χ1) is 40.2. The van der Waals surface area contributed by atoms with Crippen LogP contribution in [0.3, 0.4) is 0 Å². The van der Waals surface area contributed by atoms with Gasteiger partial charge in [0.1, 0.15) is 48.4 Å². The van der Waals surface area contributed by atoms with Gasteiger partial charge in [0.2, 0.25) is 0 Å². The molecule has 0 aliphatic heterocycles. The van der Waals surface area contributed by atoms with Crippen LogP contribution >= 0.6 is 29.4 Å². The maximum absolute atomic E-state index is 13.3. The van der Waals surface area contributed by atoms with E-state index in [1.165, 1.54) is 148 Å². The molecule has 458 valence electrons. The summed E-state index contributed by atoms with van der Waals surface area (Å²) in [5.41, 5.74) is 0.512. The Hall–Kier alpha value is -4.88. The second kappa shape index (κ2) is 39.7. The molecular formula is C63H93N5O12PS2+. The summed E-state index contributed by atoms with van der Waals surface area (Å²) in [5, 5.41) is 9.81. The van der Waals surface area contributed by atoms with E-state index in [1.807, 2.05) is 44.4 Å². The van der Waals surface area contributed by atoms with Crippen LogP contribution < -0.4 is 10.4 Å². The molecule has 20 heteroatoms. The Morgan fingerprint density at radius 2 is 1.27 bits per heavy atom. The quantitative estimate of drug-likeness (QED) is 0.00730. The second-order valence-electron chi connectivity index (χ2n) is 22.2. The van der Waals surface area contributed by atoms with E-state index in [1.54, 1.807) is 42.7 Å². The summed E-state index contributed by atoms with van der Waals surface area (Å²) in [4.78, 5) is 68.2. The van der Waals surface area contributed by atoms with Crippen LogP contribution in [0.1, 0.15) is 210 Å². The lowest BCUT2D eigenvalue weighted by atomic mass is 10.0. The van der Waals surface area contributed by atoms with Crippen molar-refractivity contribution in [2.45, 2.75) is 216 Å². The molecule has 0 bridgehead atoms. The lowest BCUT2D eigenvalue weighted by Gasteiger charge is -2.28. The number of rotatable bonds is 46. The van der Waals surface area contributed by atoms with Gasteiger partial charge in [0.25, 0.3) is 0 Å². The lowest BCUT2D eigenvalue weighted by Crippen LogP contribution is -2.41. The minimum Gasteiger partial charge on any atom is -0.462 e. The van der Waals surface area contributed by atoms with Crippen molar-refractivity contribution < 1.29 is 56.0 Å². The number of likely N-dealkylation sites (N-methyl/N-ethyl adjacent to an activating group) is 1. The molecule has 0 aliphatic rings. The van der Waals surface area contributed by atoms with Gasteiger partial charge in [-0.2, -0.15) is 0 Å². The van der Waals surface area contributed by atoms with Gasteiger partial charge in [0.15, 0.2) is 11.8 Å². The molecule has 0 aliphatic carbocycles. The van der Waals surface area contributed by atoms with Crippen LogP contribution in [-0.2, 0) is 39.2 Å². The normalized spacial score (nSPS) is 12.8. The Morgan fingerprint density at radius 1 is 0.687 bits per heavy atom. The predicted octanol–water partition coefficient (Wildman–Crippen LogP) is 15.9. The number of carbonyl (C=O) groups is 3. The van der Waals surface area contributed by atoms with Crippen molar-refractivity contribution in [2.24, 2.45) is 0 Å². The minimum absolute atomic E-state index is 0.109. The van der Waals surface area contributed by atoms with E-state index in [2.05, 4.69) is 29.1 Å². The van der Waals surface area contributed by atoms with Gasteiger partial charge in [-0.3, -0.25) is 18.6 Å². The number of quaternary nitrogens is 1. The average Bonchev–Trinajstić information content (AvgIpc) is 4.10. The van der Waals surface area contributed by atoms with E-state index in [0.29, 0.717) is 40.9 Å². The molecule has 17 nitrogen and oxygen atoms in total. The van der Waals surface area contributed by atoms with Crippen molar-refractivity contribution >= 4 is 58.3 Å². The number of carbonyl (C=O) groups excluding carboxylic acids is 3. The second-order valence-corrected chi connectivity index (χ2v) is 25.8. The molecule has 0 saturated carbocycles. The highest BCUT2D eigenvalue weighted by Gasteiger charge is 2.28. The Kier molecular flexibility index (Phi) is 32.9. The number of pyridine rings is 1. The molecule has 2 aromatic carbocycles. The van der Waals surface area contributed by atoms with Crippen LogP contribution in [0.2, 0.25) is 0 Å². The van der Waals surface area contributed by atoms with Gasteiger partial charge in [0.05, 0.1) is 32.5 Å². The molecule has 5 rings (SSSR count). The van der Waals surface area contributed by atoms with Crippen molar-refractivity contribution in [3.05, 3.63) is 101 Å². The monoisotopic (exact) mass is 1210 g/mol. The molecule has 2 unspecified atom stereocenters. The summed E-state index contributed by atoms with van der Waals surface area (Å²) in [5.74, 6) is -1.28. The number of hydrogen-bond acceptors (Lipinski definition) is 16. The molecule has 5 aromatic rings. The van der Waals surface area contributed by atoms with Gasteiger partial charge in [-0.1, -0.05) is 202 Å². The topological polar surface area (TPSA) is 208 Å². The number of phosphoric acid groups is 1. The highest BCUT2D eigenvalue weighted by molar-refractivity contribution is 8.76. The van der Waals surface area contributed by atoms with E-state index in [0.717, 1.165) is 43.6 Å². The smallest absolute Gasteiger partial charge is 0.462 e. The minimum atomic E-state index is -4.65. The van der Waals surface area contributed by atoms with Gasteiger partial charge < -0.3 is 28.0 Å². The highest BCUT2D eigenvalue weighted by atomic mass is 33.1. The molecule has 1 N–H and O–H groups in total. The van der Waals surface area contributed by atoms with E-state index >= 15 is 0 Å². The fraction of sp³-hybridized carbons (Fsp3) is 0.603. The van der Waals surface area contributed by atoms with Crippen molar-refractivity contribution in [1.29, 1.82) is 0 Å². The van der Waals surface area contributed by atoms with Crippen molar-refractivity contribution in [2.75, 3.05) is 40.5 Å². The standard InChI is InChI=1S/C63H92N5O12PS2/c1-5-7-9-11-13-15-17-19-21-23-25-27-29-38-60(69)75-49-54(78-61(70)39-30-28-26-24-22-20-18-16-14-12-10-8-6-2)50-77-81(73,74)76-44-43-68(3,4)48-52-47-67(66-65-52)56-45-51-40-41-53(46-57(51)80-63(56)72)79-62(71)55-35-31-32-36-58(55)82-83-59-37-33-34-42-64-59/h31-37,40-42,45-47,54H,5-30,38-39,43-44,48-50H2,1-4H3/p+1. The van der Waals surface area contributed by atoms with E-state index < -0.39 is 44.1 Å². The molecule has 83 heavy (non-hydrogen) atoms. The number of esters is 3. The fourth-order valence-electron chi connectivity index (χ4n) is 9.48. The summed E-state index contributed by atoms with van der Waals surface area (Å²) < 4.78 is 48.1. The molecule has 2 atom stereocenters. The fourth-order valence-corrected chi connectivity index (χ4v) is 12.3. The van der Waals surface area contributed by atoms with Crippen molar-refractivity contribution in [3.63, 3.8) is 0 Å². The first-order valence-electron chi connectivity index (χ1n) is 30.6. The summed E-state index contributed by atoms with van der Waals surface area (Å²) in [6.45, 7) is 4.03. The molecule has 0 spiro atoms. The van der Waals surface area contributed by atoms with Crippen molar-refractivity contribution in [3.8, 4) is 11.4 Å². The molecule has 3 aromatic heterocycles. The summed E-state index contributed by atoms with van der Waals surface area (Å²) in [7, 11) is 1.91. The number of nitrogens with zero attached hydrogens (tertiary/aromatic N) is 5. The summed E-state index contributed by atoms with van der Waals surface area (Å²) in [6, 6.07) is 19.1. The van der Waals surface area contributed by atoms with Crippen molar-refractivity contribution in [1.82, 2.24) is 20.0 Å². The zero-order valence-corrected chi connectivity index (χ0v) is 52.4. The third-order valence-electron chi connectivity index (χ3n) is 14.3. The summed E-state index contributed by atoms with van der Waals surface area (Å²) >= 11 is 0. The van der Waals surface area contributed by atoms with E-state index in [-0.39, 0.29) is 54.1 Å². The number of benzene rings is 2. The van der Waals surface area contributed by atoms with Gasteiger partial charge in [-0.05, 0) is 66.1 Å². The van der Waals surface area contributed by atoms with Crippen LogP contribution in [0.15, 0.2) is 98.3 Å². The highest BCUT2D eigenvalue weighted by Crippen LogP contribution is 2.43. The number of aromatic nitrogens is 4. The first kappa shape index (κ1) is 68.9. The summed E-state index contributed by atoms with van der Waals surface area (Å²) in [6.07, 6.45) is 33.4. The van der Waals surface area contributed by atoms with E-state index in [9.17, 15) is 28.6 Å². The maximum Gasteiger partial charge on any atom is 0.472 e. The third-order valence-corrected chi connectivity index (χ3v) is 17.6. The van der Waals surface area contributed by atoms with Gasteiger partial charge in [-0.15, -0.1) is 5.10 Å². The average molecular weight is 1210 g/mol. The Labute approximate surface area is 500 Å². The van der Waals surface area contributed by atoms with Crippen LogP contribution in [0.25, 0.3) is 16.7 Å². The SMILES string of the molecule is CCCCCCCCCCCCCCCC(=O)OCC(COP(=O)(O)OCC[N+](C)(C)Cc1cn(-c2cc3ccc(OC(=O)c4ccccc4SSc4ccccn4)cc3oc2=O)nn1)OC(=O)CCCCCCCCCCCCCCC. The third kappa shape index (κ3) is 28.7. The maximum atomic E-state index is 13.3. The number of phosphoric ester groups is 1. The Balaban J connectivity index is 1.05. The first-order valence-corrected chi connectivity index (χ1v) is 34.2. The molecule has 0 amide bonds. The number of hydrogen-bond donors (Lipinski definition) is 1.